The Morgan fingerprint density at radius 3 is 2.80 bits per heavy atom. The smallest absolute Gasteiger partial charge is 0.254 e. The number of halogens is 1. The van der Waals surface area contributed by atoms with Crippen LogP contribution in [0, 0.1) is 11.8 Å². The summed E-state index contributed by atoms with van der Waals surface area (Å²) in [6.45, 7) is 0.370. The topological polar surface area (TPSA) is 80.5 Å². The molecule has 1 aliphatic carbocycles. The van der Waals surface area contributed by atoms with E-state index in [-0.39, 0.29) is 21.1 Å². The summed E-state index contributed by atoms with van der Waals surface area (Å²) < 4.78 is 26.8. The first-order chi connectivity index (χ1) is 9.43. The van der Waals surface area contributed by atoms with Crippen LogP contribution in [0.2, 0.25) is 5.02 Å². The van der Waals surface area contributed by atoms with Crippen LogP contribution in [0.15, 0.2) is 15.7 Å². The molecule has 2 fully saturated rings. The maximum absolute atomic E-state index is 12.7. The van der Waals surface area contributed by atoms with Crippen molar-refractivity contribution < 1.29 is 13.2 Å². The molecule has 1 aliphatic heterocycles. The van der Waals surface area contributed by atoms with Gasteiger partial charge in [0.2, 0.25) is 5.91 Å². The van der Waals surface area contributed by atoms with Gasteiger partial charge in [0.15, 0.2) is 4.21 Å². The number of carbonyl (C=O) groups is 1. The second-order valence-electron chi connectivity index (χ2n) is 5.33. The van der Waals surface area contributed by atoms with Crippen LogP contribution in [0.4, 0.5) is 0 Å². The van der Waals surface area contributed by atoms with E-state index in [0.717, 1.165) is 30.6 Å². The monoisotopic (exact) mass is 334 g/mol. The van der Waals surface area contributed by atoms with Gasteiger partial charge in [-0.15, -0.1) is 11.3 Å². The van der Waals surface area contributed by atoms with Gasteiger partial charge in [-0.1, -0.05) is 18.0 Å². The predicted molar refractivity (Wildman–Crippen MR) is 77.0 cm³/mol. The summed E-state index contributed by atoms with van der Waals surface area (Å²) in [6.07, 6.45) is 2.86. The Morgan fingerprint density at radius 2 is 2.20 bits per heavy atom. The minimum absolute atomic E-state index is 0.0565. The summed E-state index contributed by atoms with van der Waals surface area (Å²) in [7, 11) is -3.74. The molecule has 0 unspecified atom stereocenters. The van der Waals surface area contributed by atoms with Gasteiger partial charge in [0.25, 0.3) is 10.0 Å². The van der Waals surface area contributed by atoms with E-state index in [9.17, 15) is 13.2 Å². The fourth-order valence-corrected chi connectivity index (χ4v) is 6.92. The zero-order valence-corrected chi connectivity index (χ0v) is 13.0. The lowest BCUT2D eigenvalue weighted by Crippen LogP contribution is -2.46. The number of amides is 1. The van der Waals surface area contributed by atoms with Gasteiger partial charge in [-0.05, 0) is 36.1 Å². The van der Waals surface area contributed by atoms with Crippen molar-refractivity contribution >= 4 is 38.9 Å². The molecule has 1 aromatic rings. The van der Waals surface area contributed by atoms with Gasteiger partial charge in [-0.3, -0.25) is 4.79 Å². The number of nitrogens with two attached hydrogens (primary N) is 1. The molecule has 20 heavy (non-hydrogen) atoms. The second-order valence-corrected chi connectivity index (χ2v) is 8.74. The average molecular weight is 335 g/mol. The summed E-state index contributed by atoms with van der Waals surface area (Å²) >= 11 is 7.01. The van der Waals surface area contributed by atoms with Crippen molar-refractivity contribution in [3.05, 3.63) is 16.5 Å². The first-order valence-corrected chi connectivity index (χ1v) is 9.17. The Hall–Kier alpha value is -0.630. The van der Waals surface area contributed by atoms with Gasteiger partial charge in [-0.2, -0.15) is 4.31 Å². The van der Waals surface area contributed by atoms with Gasteiger partial charge in [0, 0.05) is 6.54 Å². The molecule has 2 heterocycles. The number of hydrogen-bond acceptors (Lipinski definition) is 4. The number of carbonyl (C=O) groups excluding carboxylic acids is 1. The normalized spacial score (nSPS) is 30.6. The number of primary amides is 1. The maximum atomic E-state index is 12.7. The lowest BCUT2D eigenvalue weighted by molar-refractivity contribution is -0.122. The Labute approximate surface area is 126 Å². The van der Waals surface area contributed by atoms with Crippen LogP contribution in [0.25, 0.3) is 0 Å². The third kappa shape index (κ3) is 2.07. The van der Waals surface area contributed by atoms with E-state index >= 15 is 0 Å². The largest absolute Gasteiger partial charge is 0.368 e. The van der Waals surface area contributed by atoms with Crippen LogP contribution in [0.1, 0.15) is 19.3 Å². The molecule has 1 aromatic heterocycles. The molecule has 0 radical (unpaired) electrons. The van der Waals surface area contributed by atoms with Crippen LogP contribution < -0.4 is 5.73 Å². The summed E-state index contributed by atoms with van der Waals surface area (Å²) in [5, 5.41) is 1.83. The van der Waals surface area contributed by atoms with Crippen LogP contribution in [-0.2, 0) is 14.8 Å². The third-order valence-corrected chi connectivity index (χ3v) is 8.12. The fourth-order valence-electron chi connectivity index (χ4n) is 3.44. The van der Waals surface area contributed by atoms with Crippen LogP contribution in [0.5, 0.6) is 0 Å². The molecule has 1 saturated heterocycles. The van der Waals surface area contributed by atoms with Crippen molar-refractivity contribution in [2.75, 3.05) is 6.54 Å². The quantitative estimate of drug-likeness (QED) is 0.913. The molecule has 8 heteroatoms. The number of rotatable bonds is 3. The zero-order chi connectivity index (χ0) is 14.5. The van der Waals surface area contributed by atoms with Gasteiger partial charge in [0.05, 0.1) is 5.02 Å². The highest BCUT2D eigenvalue weighted by Gasteiger charge is 2.51. The van der Waals surface area contributed by atoms with E-state index in [2.05, 4.69) is 0 Å². The summed E-state index contributed by atoms with van der Waals surface area (Å²) in [6, 6.07) is 0.820. The highest BCUT2D eigenvalue weighted by Crippen LogP contribution is 2.45. The molecule has 3 rings (SSSR count). The molecule has 0 spiro atoms. The van der Waals surface area contributed by atoms with Gasteiger partial charge < -0.3 is 5.73 Å². The first-order valence-electron chi connectivity index (χ1n) is 6.47. The van der Waals surface area contributed by atoms with E-state index < -0.39 is 22.0 Å². The Morgan fingerprint density at radius 1 is 1.45 bits per heavy atom. The van der Waals surface area contributed by atoms with Crippen molar-refractivity contribution in [3.8, 4) is 0 Å². The second kappa shape index (κ2) is 4.98. The SMILES string of the molecule is NC(=O)[C@@H]1[C@@H]2CCC[C@@H]2CN1S(=O)(=O)c1sccc1Cl. The first kappa shape index (κ1) is 14.3. The lowest BCUT2D eigenvalue weighted by atomic mass is 9.94. The van der Waals surface area contributed by atoms with Crippen LogP contribution in [-0.4, -0.2) is 31.2 Å². The van der Waals surface area contributed by atoms with E-state index in [1.165, 1.54) is 4.31 Å². The molecule has 5 nitrogen and oxygen atoms in total. The van der Waals surface area contributed by atoms with E-state index in [4.69, 9.17) is 17.3 Å². The standard InChI is InChI=1S/C12H15ClN2O3S2/c13-9-4-5-19-12(9)20(17,18)15-6-7-2-1-3-8(7)10(15)11(14)16/h4-5,7-8,10H,1-3,6H2,(H2,14,16)/t7-,8-,10+/m1/s1. The lowest BCUT2D eigenvalue weighted by Gasteiger charge is -2.24. The van der Waals surface area contributed by atoms with Crippen molar-refractivity contribution in [3.63, 3.8) is 0 Å². The predicted octanol–water partition coefficient (Wildman–Crippen LogP) is 1.68. The molecular formula is C12H15ClN2O3S2. The molecule has 2 N–H and O–H groups in total. The van der Waals surface area contributed by atoms with Crippen molar-refractivity contribution in [1.82, 2.24) is 4.31 Å². The molecular weight excluding hydrogens is 320 g/mol. The third-order valence-electron chi connectivity index (χ3n) is 4.27. The van der Waals surface area contributed by atoms with Crippen molar-refractivity contribution in [2.45, 2.75) is 29.5 Å². The zero-order valence-electron chi connectivity index (χ0n) is 10.7. The Bertz CT molecular complexity index is 643. The maximum Gasteiger partial charge on any atom is 0.254 e. The minimum atomic E-state index is -3.74. The molecule has 2 aliphatic rings. The molecule has 1 amide bonds. The van der Waals surface area contributed by atoms with Crippen LogP contribution >= 0.6 is 22.9 Å². The Balaban J connectivity index is 2.01. The van der Waals surface area contributed by atoms with Gasteiger partial charge in [0.1, 0.15) is 6.04 Å². The molecule has 0 aromatic carbocycles. The highest BCUT2D eigenvalue weighted by atomic mass is 35.5. The van der Waals surface area contributed by atoms with Gasteiger partial charge in [-0.25, -0.2) is 8.42 Å². The average Bonchev–Trinajstić information content (AvgIpc) is 3.00. The minimum Gasteiger partial charge on any atom is -0.368 e. The molecule has 110 valence electrons. The number of sulfonamides is 1. The molecule has 0 bridgehead atoms. The molecule has 1 saturated carbocycles. The number of fused-ring (bicyclic) bond motifs is 1. The highest BCUT2D eigenvalue weighted by molar-refractivity contribution is 7.91. The van der Waals surface area contributed by atoms with E-state index in [0.29, 0.717) is 6.54 Å². The number of nitrogens with zero attached hydrogens (tertiary/aromatic N) is 1. The Kier molecular flexibility index (Phi) is 3.56. The fraction of sp³-hybridized carbons (Fsp3) is 0.583. The van der Waals surface area contributed by atoms with Crippen molar-refractivity contribution in [2.24, 2.45) is 17.6 Å². The van der Waals surface area contributed by atoms with E-state index in [1.807, 2.05) is 0 Å². The van der Waals surface area contributed by atoms with Crippen LogP contribution in [0.3, 0.4) is 0 Å². The number of thiophene rings is 1. The molecule has 3 atom stereocenters. The number of hydrogen-bond donors (Lipinski definition) is 1. The summed E-state index contributed by atoms with van der Waals surface area (Å²) in [4.78, 5) is 11.7. The van der Waals surface area contributed by atoms with Crippen molar-refractivity contribution in [1.29, 1.82) is 0 Å². The summed E-state index contributed by atoms with van der Waals surface area (Å²) in [5.41, 5.74) is 5.46. The van der Waals surface area contributed by atoms with E-state index in [1.54, 1.807) is 11.4 Å². The summed E-state index contributed by atoms with van der Waals surface area (Å²) in [5.74, 6) is -0.266. The van der Waals surface area contributed by atoms with Gasteiger partial charge >= 0.3 is 0 Å².